The highest BCUT2D eigenvalue weighted by molar-refractivity contribution is 5.86. The highest BCUT2D eigenvalue weighted by atomic mass is 16.3. The van der Waals surface area contributed by atoms with Crippen LogP contribution in [0.4, 0.5) is 0 Å². The molecule has 64 valence electrons. The van der Waals surface area contributed by atoms with E-state index in [1.165, 1.54) is 0 Å². The molecule has 0 aromatic carbocycles. The molecule has 0 aromatic heterocycles. The molecule has 2 fully saturated rings. The van der Waals surface area contributed by atoms with E-state index < -0.39 is 5.60 Å². The molecule has 0 aromatic rings. The Balaban J connectivity index is 2.10. The number of hydrogen-bond acceptors (Lipinski definition) is 2. The van der Waals surface area contributed by atoms with Crippen molar-refractivity contribution in [2.24, 2.45) is 17.8 Å². The summed E-state index contributed by atoms with van der Waals surface area (Å²) in [5.74, 6) is 0.871. The number of ketones is 1. The van der Waals surface area contributed by atoms with Crippen LogP contribution in [0.1, 0.15) is 19.3 Å². The molecule has 3 aliphatic rings. The molecular formula is C10H12O2. The number of carbonyl (C=O) groups excluding carboxylic acids is 1. The van der Waals surface area contributed by atoms with Crippen LogP contribution in [0.5, 0.6) is 0 Å². The Bertz CT molecular complexity index is 282. The van der Waals surface area contributed by atoms with E-state index in [4.69, 9.17) is 0 Å². The summed E-state index contributed by atoms with van der Waals surface area (Å²) in [6.45, 7) is 0. The average molecular weight is 164 g/mol. The largest absolute Gasteiger partial charge is 0.388 e. The van der Waals surface area contributed by atoms with Crippen molar-refractivity contribution >= 4 is 5.78 Å². The van der Waals surface area contributed by atoms with Crippen LogP contribution in [-0.2, 0) is 4.79 Å². The molecule has 0 heterocycles. The Morgan fingerprint density at radius 1 is 1.50 bits per heavy atom. The van der Waals surface area contributed by atoms with E-state index in [1.54, 1.807) is 0 Å². The zero-order valence-corrected chi connectivity index (χ0v) is 6.86. The van der Waals surface area contributed by atoms with E-state index >= 15 is 0 Å². The van der Waals surface area contributed by atoms with Crippen LogP contribution in [0.25, 0.3) is 0 Å². The van der Waals surface area contributed by atoms with Gasteiger partial charge < -0.3 is 5.11 Å². The van der Waals surface area contributed by atoms with Gasteiger partial charge in [-0.05, 0) is 18.8 Å². The number of fused-ring (bicyclic) bond motifs is 5. The van der Waals surface area contributed by atoms with Gasteiger partial charge in [0.05, 0.1) is 11.5 Å². The van der Waals surface area contributed by atoms with E-state index in [1.807, 2.05) is 0 Å². The predicted molar refractivity (Wildman–Crippen MR) is 43.4 cm³/mol. The van der Waals surface area contributed by atoms with Gasteiger partial charge in [-0.15, -0.1) is 0 Å². The summed E-state index contributed by atoms with van der Waals surface area (Å²) in [6.07, 6.45) is 6.51. The molecule has 0 aliphatic heterocycles. The molecule has 2 heteroatoms. The molecule has 3 aliphatic carbocycles. The summed E-state index contributed by atoms with van der Waals surface area (Å²) >= 11 is 0. The SMILES string of the molecule is O=C1CC[C@]2(O)[C@H]1[C@@H]1C=C[C@H]2C1. The number of rotatable bonds is 0. The Labute approximate surface area is 71.3 Å². The van der Waals surface area contributed by atoms with Crippen molar-refractivity contribution in [1.29, 1.82) is 0 Å². The van der Waals surface area contributed by atoms with Gasteiger partial charge in [-0.25, -0.2) is 0 Å². The fourth-order valence-electron chi connectivity index (χ4n) is 3.28. The molecule has 0 radical (unpaired) electrons. The second kappa shape index (κ2) is 1.82. The quantitative estimate of drug-likeness (QED) is 0.540. The lowest BCUT2D eigenvalue weighted by atomic mass is 9.81. The zero-order valence-electron chi connectivity index (χ0n) is 6.86. The second-order valence-corrected chi connectivity index (χ2v) is 4.33. The fourth-order valence-corrected chi connectivity index (χ4v) is 3.28. The maximum absolute atomic E-state index is 11.5. The van der Waals surface area contributed by atoms with Crippen molar-refractivity contribution in [3.63, 3.8) is 0 Å². The molecule has 2 nitrogen and oxygen atoms in total. The maximum atomic E-state index is 11.5. The summed E-state index contributed by atoms with van der Waals surface area (Å²) in [6, 6.07) is 0. The van der Waals surface area contributed by atoms with E-state index in [-0.39, 0.29) is 17.6 Å². The van der Waals surface area contributed by atoms with E-state index in [2.05, 4.69) is 12.2 Å². The highest BCUT2D eigenvalue weighted by Crippen LogP contribution is 2.56. The molecule has 2 saturated carbocycles. The third kappa shape index (κ3) is 0.556. The Morgan fingerprint density at radius 2 is 2.33 bits per heavy atom. The van der Waals surface area contributed by atoms with Crippen LogP contribution in [-0.4, -0.2) is 16.5 Å². The highest BCUT2D eigenvalue weighted by Gasteiger charge is 2.60. The Hall–Kier alpha value is -0.630. The van der Waals surface area contributed by atoms with Crippen LogP contribution in [0.3, 0.4) is 0 Å². The third-order valence-electron chi connectivity index (χ3n) is 3.84. The number of carbonyl (C=O) groups is 1. The maximum Gasteiger partial charge on any atom is 0.139 e. The van der Waals surface area contributed by atoms with Crippen LogP contribution in [0.15, 0.2) is 12.2 Å². The van der Waals surface area contributed by atoms with E-state index in [0.29, 0.717) is 18.8 Å². The summed E-state index contributed by atoms with van der Waals surface area (Å²) in [7, 11) is 0. The lowest BCUT2D eigenvalue weighted by Gasteiger charge is -2.29. The number of aliphatic hydroxyl groups is 1. The monoisotopic (exact) mass is 164 g/mol. The number of Topliss-reactive ketones (excluding diaryl/α,β-unsaturated/α-hetero) is 1. The van der Waals surface area contributed by atoms with Crippen molar-refractivity contribution in [3.8, 4) is 0 Å². The van der Waals surface area contributed by atoms with Gasteiger partial charge in [0.25, 0.3) is 0 Å². The summed E-state index contributed by atoms with van der Waals surface area (Å²) in [4.78, 5) is 11.5. The van der Waals surface area contributed by atoms with Gasteiger partial charge in [0, 0.05) is 12.3 Å². The van der Waals surface area contributed by atoms with Crippen LogP contribution in [0.2, 0.25) is 0 Å². The van der Waals surface area contributed by atoms with Crippen molar-refractivity contribution < 1.29 is 9.90 Å². The molecule has 0 saturated heterocycles. The molecule has 12 heavy (non-hydrogen) atoms. The minimum atomic E-state index is -0.642. The van der Waals surface area contributed by atoms with Crippen molar-refractivity contribution in [2.45, 2.75) is 24.9 Å². The number of hydrogen-bond donors (Lipinski definition) is 1. The second-order valence-electron chi connectivity index (χ2n) is 4.33. The normalized spacial score (nSPS) is 55.1. The summed E-state index contributed by atoms with van der Waals surface area (Å²) in [5, 5.41) is 10.2. The molecule has 2 bridgehead atoms. The first-order valence-electron chi connectivity index (χ1n) is 4.65. The van der Waals surface area contributed by atoms with Gasteiger partial charge in [-0.3, -0.25) is 4.79 Å². The molecule has 1 N–H and O–H groups in total. The number of allylic oxidation sites excluding steroid dienone is 1. The van der Waals surface area contributed by atoms with Crippen LogP contribution >= 0.6 is 0 Å². The predicted octanol–water partition coefficient (Wildman–Crippen LogP) is 0.903. The third-order valence-corrected chi connectivity index (χ3v) is 3.84. The molecule has 0 amide bonds. The summed E-state index contributed by atoms with van der Waals surface area (Å²) < 4.78 is 0. The van der Waals surface area contributed by atoms with Crippen LogP contribution in [0, 0.1) is 17.8 Å². The summed E-state index contributed by atoms with van der Waals surface area (Å²) in [5.41, 5.74) is -0.642. The van der Waals surface area contributed by atoms with Gasteiger partial charge in [-0.2, -0.15) is 0 Å². The topological polar surface area (TPSA) is 37.3 Å². The molecule has 4 atom stereocenters. The first-order chi connectivity index (χ1) is 5.72. The standard InChI is InChI=1S/C10H12O2/c11-8-3-4-10(12)7-2-1-6(5-7)9(8)10/h1-2,6-7,9,12H,3-5H2/t6-,7+,9+,10-/m1/s1. The lowest BCUT2D eigenvalue weighted by molar-refractivity contribution is -0.125. The van der Waals surface area contributed by atoms with Gasteiger partial charge in [-0.1, -0.05) is 12.2 Å². The van der Waals surface area contributed by atoms with E-state index in [0.717, 1.165) is 6.42 Å². The van der Waals surface area contributed by atoms with Gasteiger partial charge in [0.1, 0.15) is 5.78 Å². The Kier molecular flexibility index (Phi) is 1.04. The molecule has 3 rings (SSSR count). The lowest BCUT2D eigenvalue weighted by Crippen LogP contribution is -2.39. The van der Waals surface area contributed by atoms with Crippen molar-refractivity contribution in [3.05, 3.63) is 12.2 Å². The van der Waals surface area contributed by atoms with Gasteiger partial charge in [0.15, 0.2) is 0 Å². The van der Waals surface area contributed by atoms with Gasteiger partial charge >= 0.3 is 0 Å². The first kappa shape index (κ1) is 6.84. The fraction of sp³-hybridized carbons (Fsp3) is 0.700. The molecule has 0 unspecified atom stereocenters. The molecular weight excluding hydrogens is 152 g/mol. The van der Waals surface area contributed by atoms with Crippen molar-refractivity contribution in [2.75, 3.05) is 0 Å². The van der Waals surface area contributed by atoms with Crippen molar-refractivity contribution in [1.82, 2.24) is 0 Å². The minimum Gasteiger partial charge on any atom is -0.388 e. The van der Waals surface area contributed by atoms with Gasteiger partial charge in [0.2, 0.25) is 0 Å². The van der Waals surface area contributed by atoms with Crippen LogP contribution < -0.4 is 0 Å². The van der Waals surface area contributed by atoms with E-state index in [9.17, 15) is 9.90 Å². The average Bonchev–Trinajstić information content (AvgIpc) is 2.63. The Morgan fingerprint density at radius 3 is 3.08 bits per heavy atom. The first-order valence-corrected chi connectivity index (χ1v) is 4.65. The zero-order chi connectivity index (χ0) is 8.34. The minimum absolute atomic E-state index is 0.0486. The molecule has 0 spiro atoms. The smallest absolute Gasteiger partial charge is 0.139 e.